The number of hydrogen-bond acceptors (Lipinski definition) is 8. The number of aromatic nitrogens is 4. The first-order valence-corrected chi connectivity index (χ1v) is 16.4. The molecule has 8 nitrogen and oxygen atoms in total. The second-order valence-corrected chi connectivity index (χ2v) is 11.7. The molecule has 2 heterocycles. The third kappa shape index (κ3) is 10.1. The van der Waals surface area contributed by atoms with Gasteiger partial charge in [-0.2, -0.15) is 10.2 Å². The van der Waals surface area contributed by atoms with Gasteiger partial charge in [0.2, 0.25) is 0 Å². The van der Waals surface area contributed by atoms with Crippen LogP contribution in [0.25, 0.3) is 22.5 Å². The Kier molecular flexibility index (Phi) is 11.9. The van der Waals surface area contributed by atoms with Gasteiger partial charge >= 0.3 is 0 Å². The summed E-state index contributed by atoms with van der Waals surface area (Å²) in [5.41, 5.74) is 15.2. The van der Waals surface area contributed by atoms with Crippen LogP contribution in [-0.2, 0) is 0 Å². The molecule has 6 aromatic rings. The number of hydrazone groups is 2. The lowest BCUT2D eigenvalue weighted by molar-refractivity contribution is 1.04. The summed E-state index contributed by atoms with van der Waals surface area (Å²) in [6, 6.07) is 39.9. The summed E-state index contributed by atoms with van der Waals surface area (Å²) in [5.74, 6) is 2.77. The largest absolute Gasteiger partial charge is 0.261 e. The average Bonchev–Trinajstić information content (AvgIpc) is 3.12. The third-order valence-electron chi connectivity index (χ3n) is 7.44. The van der Waals surface area contributed by atoms with Gasteiger partial charge in [-0.3, -0.25) is 10.9 Å². The van der Waals surface area contributed by atoms with Crippen molar-refractivity contribution in [3.05, 3.63) is 155 Å². The molecule has 0 aliphatic carbocycles. The lowest BCUT2D eigenvalue weighted by Gasteiger charge is -2.08. The highest BCUT2D eigenvalue weighted by molar-refractivity contribution is 6.30. The zero-order valence-electron chi connectivity index (χ0n) is 28.3. The van der Waals surface area contributed by atoms with E-state index in [0.717, 1.165) is 51.5 Å². The van der Waals surface area contributed by atoms with Crippen LogP contribution in [0.5, 0.6) is 0 Å². The monoisotopic (exact) mass is 666 g/mol. The van der Waals surface area contributed by atoms with Crippen molar-refractivity contribution in [3.63, 3.8) is 0 Å². The van der Waals surface area contributed by atoms with E-state index < -0.39 is 0 Å². The fourth-order valence-electron chi connectivity index (χ4n) is 4.88. The van der Waals surface area contributed by atoms with E-state index in [0.29, 0.717) is 28.3 Å². The summed E-state index contributed by atoms with van der Waals surface area (Å²) in [6.07, 6.45) is 0.839. The maximum atomic E-state index is 5.91. The highest BCUT2D eigenvalue weighted by Crippen LogP contribution is 2.21. The van der Waals surface area contributed by atoms with Gasteiger partial charge in [0.25, 0.3) is 0 Å². The molecule has 246 valence electrons. The van der Waals surface area contributed by atoms with E-state index >= 15 is 0 Å². The number of aryl methyl sites for hydroxylation is 3. The van der Waals surface area contributed by atoms with Gasteiger partial charge in [0.05, 0.1) is 22.8 Å². The molecule has 0 atom stereocenters. The molecule has 0 fully saturated rings. The molecule has 0 saturated heterocycles. The quantitative estimate of drug-likeness (QED) is 0.118. The van der Waals surface area contributed by atoms with Crippen molar-refractivity contribution in [1.29, 1.82) is 0 Å². The second kappa shape index (κ2) is 16.9. The van der Waals surface area contributed by atoms with Crippen LogP contribution < -0.4 is 10.9 Å². The molecule has 0 bridgehead atoms. The van der Waals surface area contributed by atoms with E-state index in [1.165, 1.54) is 5.56 Å². The molecule has 4 aromatic carbocycles. The highest BCUT2D eigenvalue weighted by atomic mass is 35.5. The van der Waals surface area contributed by atoms with E-state index in [9.17, 15) is 0 Å². The first-order chi connectivity index (χ1) is 23.8. The first kappa shape index (κ1) is 34.6. The molecular weight excluding hydrogens is 628 g/mol. The van der Waals surface area contributed by atoms with Gasteiger partial charge < -0.3 is 0 Å². The number of anilines is 2. The van der Waals surface area contributed by atoms with Gasteiger partial charge in [-0.25, -0.2) is 19.9 Å². The molecule has 0 amide bonds. The Morgan fingerprint density at radius 1 is 0.592 bits per heavy atom. The van der Waals surface area contributed by atoms with Gasteiger partial charge in [-0.1, -0.05) is 121 Å². The molecule has 49 heavy (non-hydrogen) atoms. The third-order valence-corrected chi connectivity index (χ3v) is 7.69. The van der Waals surface area contributed by atoms with Crippen LogP contribution in [0.3, 0.4) is 0 Å². The molecule has 0 aliphatic heterocycles. The zero-order valence-corrected chi connectivity index (χ0v) is 29.1. The van der Waals surface area contributed by atoms with Crippen molar-refractivity contribution in [2.75, 3.05) is 10.9 Å². The van der Waals surface area contributed by atoms with Crippen LogP contribution in [0.1, 0.15) is 48.6 Å². The van der Waals surface area contributed by atoms with Gasteiger partial charge in [0.15, 0.2) is 0 Å². The Morgan fingerprint density at radius 2 is 1.06 bits per heavy atom. The number of nitrogens with zero attached hydrogens (tertiary/aromatic N) is 6. The predicted molar refractivity (Wildman–Crippen MR) is 203 cm³/mol. The van der Waals surface area contributed by atoms with Gasteiger partial charge in [0.1, 0.15) is 23.3 Å². The van der Waals surface area contributed by atoms with Crippen molar-refractivity contribution in [2.45, 2.75) is 41.0 Å². The molecule has 6 rings (SSSR count). The van der Waals surface area contributed by atoms with Crippen LogP contribution in [0.2, 0.25) is 5.02 Å². The minimum absolute atomic E-state index is 0.662. The summed E-state index contributed by atoms with van der Waals surface area (Å²) >= 11 is 5.91. The Morgan fingerprint density at radius 3 is 1.55 bits per heavy atom. The fraction of sp³-hybridized carbons (Fsp3) is 0.150. The van der Waals surface area contributed by atoms with E-state index in [2.05, 4.69) is 79.1 Å². The maximum Gasteiger partial charge on any atom is 0.150 e. The standard InChI is InChI=1S/C21H22N4.C19H17ClN4/c1-4-19(18-12-10-15(2)11-13-18)24-25-21-14-20(22-16(3)23-21)17-8-6-5-7-9-17;1-13(15-8-10-17(20)11-9-15)23-24-19-12-18(21-14(2)22-19)16-6-4-3-5-7-16/h5-14H,4H2,1-3H3,(H,22,23,25);3-12H,1-2H3,(H,21,22,24). The van der Waals surface area contributed by atoms with Crippen LogP contribution in [0, 0.1) is 20.8 Å². The summed E-state index contributed by atoms with van der Waals surface area (Å²) < 4.78 is 0. The minimum Gasteiger partial charge on any atom is -0.261 e. The first-order valence-electron chi connectivity index (χ1n) is 16.1. The average molecular weight is 667 g/mol. The van der Waals surface area contributed by atoms with Gasteiger partial charge in [-0.05, 0) is 57.4 Å². The normalized spacial score (nSPS) is 11.4. The Balaban J connectivity index is 0.000000191. The van der Waals surface area contributed by atoms with Gasteiger partial charge in [0, 0.05) is 28.3 Å². The van der Waals surface area contributed by atoms with Crippen LogP contribution in [-0.4, -0.2) is 31.4 Å². The van der Waals surface area contributed by atoms with E-state index in [1.54, 1.807) is 0 Å². The van der Waals surface area contributed by atoms with Crippen molar-refractivity contribution < 1.29 is 0 Å². The zero-order chi connectivity index (χ0) is 34.6. The molecule has 2 aromatic heterocycles. The summed E-state index contributed by atoms with van der Waals surface area (Å²) in [5, 5.41) is 9.68. The lowest BCUT2D eigenvalue weighted by atomic mass is 10.1. The number of benzene rings is 4. The maximum absolute atomic E-state index is 5.91. The number of hydrogen-bond donors (Lipinski definition) is 2. The van der Waals surface area contributed by atoms with Crippen LogP contribution in [0.15, 0.2) is 132 Å². The lowest BCUT2D eigenvalue weighted by Crippen LogP contribution is -2.05. The van der Waals surface area contributed by atoms with Crippen molar-refractivity contribution in [2.24, 2.45) is 10.2 Å². The number of rotatable bonds is 9. The SMILES string of the molecule is CC(=NNc1cc(-c2ccccc2)nc(C)n1)c1ccc(Cl)cc1.CCC(=NNc1cc(-c2ccccc2)nc(C)n1)c1ccc(C)cc1. The van der Waals surface area contributed by atoms with E-state index in [4.69, 9.17) is 11.6 Å². The van der Waals surface area contributed by atoms with Crippen molar-refractivity contribution >= 4 is 34.7 Å². The molecule has 0 radical (unpaired) electrons. The summed E-state index contributed by atoms with van der Waals surface area (Å²) in [4.78, 5) is 17.8. The fourth-order valence-corrected chi connectivity index (χ4v) is 5.00. The number of nitrogens with one attached hydrogen (secondary N) is 2. The molecule has 0 spiro atoms. The van der Waals surface area contributed by atoms with Crippen molar-refractivity contribution in [1.82, 2.24) is 19.9 Å². The summed E-state index contributed by atoms with van der Waals surface area (Å²) in [6.45, 7) is 9.87. The molecule has 0 unspecified atom stereocenters. The van der Waals surface area contributed by atoms with E-state index in [-0.39, 0.29) is 0 Å². The number of halogens is 1. The molecule has 0 aliphatic rings. The smallest absolute Gasteiger partial charge is 0.150 e. The Labute approximate surface area is 293 Å². The topological polar surface area (TPSA) is 100 Å². The summed E-state index contributed by atoms with van der Waals surface area (Å²) in [7, 11) is 0. The molecule has 0 saturated carbocycles. The van der Waals surface area contributed by atoms with Crippen LogP contribution >= 0.6 is 11.6 Å². The van der Waals surface area contributed by atoms with Crippen LogP contribution in [0.4, 0.5) is 11.6 Å². The highest BCUT2D eigenvalue weighted by Gasteiger charge is 2.07. The van der Waals surface area contributed by atoms with Crippen molar-refractivity contribution in [3.8, 4) is 22.5 Å². The molecule has 2 N–H and O–H groups in total. The molecular formula is C40H39ClN8. The Hall–Kier alpha value is -5.73. The second-order valence-electron chi connectivity index (χ2n) is 11.3. The van der Waals surface area contributed by atoms with Gasteiger partial charge in [-0.15, -0.1) is 0 Å². The predicted octanol–water partition coefficient (Wildman–Crippen LogP) is 9.93. The molecule has 9 heteroatoms. The minimum atomic E-state index is 0.662. The van der Waals surface area contributed by atoms with E-state index in [1.807, 2.05) is 118 Å². The Bertz CT molecular complexity index is 2030.